The van der Waals surface area contributed by atoms with Crippen LogP contribution >= 0.6 is 38.6 Å². The van der Waals surface area contributed by atoms with Gasteiger partial charge in [0.2, 0.25) is 0 Å². The topological polar surface area (TPSA) is 21.7 Å². The number of likely N-dealkylation sites (tertiary alicyclic amines) is 1. The monoisotopic (exact) mass is 1350 g/mol. The molecule has 2 spiro atoms. The first kappa shape index (κ1) is 46.0. The average molecular weight is 1350 g/mol. The van der Waals surface area contributed by atoms with Crippen LogP contribution in [-0.2, 0) is 10.8 Å². The molecule has 36 rings (SSSR count). The summed E-state index contributed by atoms with van der Waals surface area (Å²) in [6.07, 6.45) is 18.6. The molecule has 5 aliphatic rings. The number of ether oxygens (including phenoxy) is 2. The summed E-state index contributed by atoms with van der Waals surface area (Å²) in [7, 11) is 2.60. The van der Waals surface area contributed by atoms with Crippen LogP contribution in [-0.4, -0.2) is 31.7 Å². The lowest BCUT2D eigenvalue weighted by Crippen LogP contribution is -2.51. The van der Waals surface area contributed by atoms with Gasteiger partial charge in [-0.25, -0.2) is 0 Å². The van der Waals surface area contributed by atoms with Crippen molar-refractivity contribution in [1.29, 1.82) is 0 Å². The predicted molar refractivity (Wildman–Crippen MR) is 429 cm³/mol. The van der Waals surface area contributed by atoms with Crippen LogP contribution in [0.4, 0.5) is 0 Å². The van der Waals surface area contributed by atoms with E-state index in [0.29, 0.717) is 13.2 Å². The van der Waals surface area contributed by atoms with Crippen molar-refractivity contribution in [2.24, 2.45) is 0 Å². The van der Waals surface area contributed by atoms with Crippen LogP contribution in [0.15, 0.2) is 40.2 Å². The number of hydrogen-bond acceptors (Lipinski definition) is 5. The summed E-state index contributed by atoms with van der Waals surface area (Å²) in [6, 6.07) is 14.1. The predicted octanol–water partition coefficient (Wildman–Crippen LogP) is 27.1. The molecule has 3 nitrogen and oxygen atoms in total. The summed E-state index contributed by atoms with van der Waals surface area (Å²) in [5.41, 5.74) is 8.44. The average Bonchev–Trinajstić information content (AvgIpc) is 1.38. The minimum atomic E-state index is -0.399. The number of halogens is 1. The molecule has 1 aliphatic heterocycles. The fourth-order valence-corrected chi connectivity index (χ4v) is 31.8. The Hall–Kier alpha value is -9.40. The van der Waals surface area contributed by atoms with E-state index in [1.54, 1.807) is 324 Å². The second kappa shape index (κ2) is 12.7. The maximum atomic E-state index is 6.95. The van der Waals surface area contributed by atoms with E-state index in [0.717, 1.165) is 45.8 Å². The summed E-state index contributed by atoms with van der Waals surface area (Å²) in [5.74, 6) is 1.86. The van der Waals surface area contributed by atoms with E-state index in [2.05, 4.69) is 114 Å². The number of rotatable bonds is 17. The molecule has 6 heteroatoms. The first-order valence-corrected chi connectivity index (χ1v) is 39.6. The molecule has 2 aromatic heterocycles. The zero-order chi connectivity index (χ0) is 61.9. The lowest BCUT2D eigenvalue weighted by atomic mass is 9.48. The molecule has 0 bridgehead atoms. The van der Waals surface area contributed by atoms with Crippen molar-refractivity contribution in [3.8, 4) is 11.5 Å². The van der Waals surface area contributed by atoms with Crippen molar-refractivity contribution >= 4 is 354 Å². The van der Waals surface area contributed by atoms with Gasteiger partial charge in [0.15, 0.2) is 0 Å². The highest BCUT2D eigenvalue weighted by Gasteiger charge is 2.76. The van der Waals surface area contributed by atoms with Crippen LogP contribution in [0.3, 0.4) is 0 Å². The van der Waals surface area contributed by atoms with Gasteiger partial charge in [-0.15, -0.1) is 22.7 Å². The number of nitrogens with zero attached hydrogens (tertiary/aromatic N) is 1. The minimum absolute atomic E-state index is 0.0881. The second-order valence-corrected chi connectivity index (χ2v) is 37.2. The first-order valence-electron chi connectivity index (χ1n) is 37.2. The lowest BCUT2D eigenvalue weighted by molar-refractivity contribution is 0.276. The fraction of sp³-hybridized carbons (Fsp3) is 0.183. The molecule has 0 amide bonds. The molecule has 1 fully saturated rings. The molecule has 31 aromatic rings. The molecule has 1 unspecified atom stereocenters. The fourth-order valence-electron chi connectivity index (χ4n) is 29.4. The number of likely N-dealkylation sites (N-methyl/N-ethyl adjacent to an activating group) is 1. The van der Waals surface area contributed by atoms with E-state index in [1.807, 2.05) is 0 Å². The number of hydrogen-bond donors (Lipinski definition) is 0. The second-order valence-electron chi connectivity index (χ2n) is 33.6. The van der Waals surface area contributed by atoms with Gasteiger partial charge in [-0.3, -0.25) is 4.90 Å². The van der Waals surface area contributed by atoms with Crippen LogP contribution in [0.25, 0.3) is 315 Å². The van der Waals surface area contributed by atoms with Crippen molar-refractivity contribution in [3.63, 3.8) is 0 Å². The Kier molecular flexibility index (Phi) is 5.89. The zero-order valence-corrected chi connectivity index (χ0v) is 56.8. The van der Waals surface area contributed by atoms with E-state index in [9.17, 15) is 0 Å². The first-order chi connectivity index (χ1) is 49.0. The Morgan fingerprint density at radius 2 is 0.636 bits per heavy atom. The summed E-state index contributed by atoms with van der Waals surface area (Å²) in [5, 5.41) is 89.6. The van der Waals surface area contributed by atoms with Gasteiger partial charge in [-0.05, 0) is 410 Å². The molecule has 0 saturated carbocycles. The maximum Gasteiger partial charge on any atom is 0.127 e. The normalized spacial score (nSPS) is 20.5. The third-order valence-electron chi connectivity index (χ3n) is 30.9. The van der Waals surface area contributed by atoms with Crippen LogP contribution in [0.5, 0.6) is 11.5 Å². The van der Waals surface area contributed by atoms with Crippen molar-refractivity contribution < 1.29 is 9.47 Å². The molecule has 1 saturated heterocycles. The van der Waals surface area contributed by atoms with Crippen molar-refractivity contribution in [2.75, 3.05) is 26.8 Å². The molecule has 450 valence electrons. The Morgan fingerprint density at radius 1 is 0.354 bits per heavy atom. The van der Waals surface area contributed by atoms with E-state index in [4.69, 9.17) is 9.47 Å². The van der Waals surface area contributed by atoms with Crippen LogP contribution in [0, 0.1) is 0 Å². The van der Waals surface area contributed by atoms with Gasteiger partial charge in [0.05, 0.1) is 33.9 Å². The number of thiophene rings is 2. The number of benzene rings is 19. The van der Waals surface area contributed by atoms with Gasteiger partial charge >= 0.3 is 0 Å². The summed E-state index contributed by atoms with van der Waals surface area (Å²) >= 11 is 7.56. The standard InChI is InChI=1S/C93H42BrNO2S2/c1-4-6-8-10-20-96-29-23-26(13-15-28-17-19-32(94)99-28)30(97-21-11-9-7-5-2)22-25(29)12-14-27-16-18-31(98-27)91-93-89-83-77-67-55-47-39-35-33-34-37-41(39)49(55)59-53-45(37)46-38(34)42-40-36(33)44-43(35)51-57(47)65-71-61(51)62-52(44)58-48(40)56-50(42)60-54(46)64-63(53)75(69(59)77)85(89)86-76(64)70(60)78-68(56)74-66(58)72(62)80-79(71)87(81(83)73(65)67)92(93,24-95(91)3)88(80)82(74)84(78)90(86)93/h12-19,22-23,91H,4-11,20-21,24H2,1-3H3/b14-12+,15-13+. The summed E-state index contributed by atoms with van der Waals surface area (Å²) in [4.78, 5) is 7.00. The SMILES string of the molecule is CCCCCCOc1cc(/C=C/c2ccc(C3N(C)CC45c6c7c8c9c%10c%11c(c%12c%13c4c4c6c6c%14c7c7c8c8c%10c%10c%15c%11c%11c%12c%12c%13c%13c4c4c6c6c%14c%14c7c7c8c%10c8c%10c%15c%11c%11c%12c%12c%13c4c4c6c6c%14c7c8c7c%10c%11c%12c4c67)C935)s2)c(OCCCCCC)cc1/C=C/c1ccc(Br)s1. The van der Waals surface area contributed by atoms with Crippen molar-refractivity contribution in [2.45, 2.75) is 82.1 Å². The van der Waals surface area contributed by atoms with Crippen LogP contribution < -0.4 is 9.47 Å². The highest BCUT2D eigenvalue weighted by atomic mass is 79.9. The molecule has 1 atom stereocenters. The summed E-state index contributed by atoms with van der Waals surface area (Å²) in [6.45, 7) is 6.98. The third-order valence-corrected chi connectivity index (χ3v) is 33.6. The molecule has 4 aliphatic carbocycles. The van der Waals surface area contributed by atoms with E-state index >= 15 is 0 Å². The zero-order valence-electron chi connectivity index (χ0n) is 53.6. The molecule has 0 radical (unpaired) electrons. The van der Waals surface area contributed by atoms with Gasteiger partial charge in [-0.2, -0.15) is 0 Å². The third kappa shape index (κ3) is 3.42. The summed E-state index contributed by atoms with van der Waals surface area (Å²) < 4.78 is 15.0. The lowest BCUT2D eigenvalue weighted by Gasteiger charge is -2.52. The molecular formula is C93H42BrNO2S2. The Bertz CT molecular complexity index is 8620. The molecule has 99 heavy (non-hydrogen) atoms. The van der Waals surface area contributed by atoms with Gasteiger partial charge in [-0.1, -0.05) is 52.4 Å². The van der Waals surface area contributed by atoms with Gasteiger partial charge in [0.25, 0.3) is 0 Å². The Balaban J connectivity index is 0.722. The highest BCUT2D eigenvalue weighted by Crippen LogP contribution is 2.87. The molecular weight excluding hydrogens is 1310 g/mol. The number of unbranched alkanes of at least 4 members (excludes halogenated alkanes) is 6. The smallest absolute Gasteiger partial charge is 0.127 e. The molecule has 0 N–H and O–H groups in total. The van der Waals surface area contributed by atoms with Gasteiger partial charge in [0.1, 0.15) is 11.5 Å². The van der Waals surface area contributed by atoms with E-state index in [1.165, 1.54) is 53.2 Å². The van der Waals surface area contributed by atoms with E-state index < -0.39 is 5.41 Å². The van der Waals surface area contributed by atoms with Gasteiger partial charge < -0.3 is 9.47 Å². The van der Waals surface area contributed by atoms with Crippen molar-refractivity contribution in [1.82, 2.24) is 4.90 Å². The van der Waals surface area contributed by atoms with Crippen LogP contribution in [0.2, 0.25) is 0 Å². The Labute approximate surface area is 572 Å². The highest BCUT2D eigenvalue weighted by molar-refractivity contribution is 9.11. The maximum absolute atomic E-state index is 6.95. The molecule has 29 aromatic carbocycles. The Morgan fingerprint density at radius 3 is 0.929 bits per heavy atom. The van der Waals surface area contributed by atoms with Gasteiger partial charge in [0, 0.05) is 32.3 Å². The van der Waals surface area contributed by atoms with Crippen molar-refractivity contribution in [3.05, 3.63) is 88.2 Å². The minimum Gasteiger partial charge on any atom is -0.493 e. The van der Waals surface area contributed by atoms with Crippen LogP contribution in [0.1, 0.15) is 119 Å². The largest absolute Gasteiger partial charge is 0.493 e. The van der Waals surface area contributed by atoms with E-state index in [-0.39, 0.29) is 11.5 Å². The quantitative estimate of drug-likeness (QED) is 0.0670. The molecule has 3 heterocycles.